The van der Waals surface area contributed by atoms with E-state index in [1.54, 1.807) is 0 Å². The molecule has 0 aliphatic heterocycles. The second kappa shape index (κ2) is 12.5. The van der Waals surface area contributed by atoms with Crippen LogP contribution in [-0.4, -0.2) is 59.4 Å². The lowest BCUT2D eigenvalue weighted by molar-refractivity contribution is -0.142. The van der Waals surface area contributed by atoms with Crippen LogP contribution in [0.5, 0.6) is 0 Å². The van der Waals surface area contributed by atoms with E-state index in [0.29, 0.717) is 6.42 Å². The number of nitrogens with zero attached hydrogens (tertiary/aromatic N) is 1. The molecule has 12 nitrogen and oxygen atoms in total. The molecule has 0 aromatic rings. The molecule has 0 spiro atoms. The number of carbonyl (C=O) groups excluding carboxylic acids is 3. The topological polar surface area (TPSA) is 229 Å². The van der Waals surface area contributed by atoms with Gasteiger partial charge in [-0.25, -0.2) is 4.79 Å². The molecular formula is C16H31N7O5. The van der Waals surface area contributed by atoms with Gasteiger partial charge in [0.15, 0.2) is 5.96 Å². The molecule has 0 saturated carbocycles. The van der Waals surface area contributed by atoms with Crippen LogP contribution < -0.4 is 33.6 Å². The third kappa shape index (κ3) is 11.0. The number of carboxylic acids is 1. The summed E-state index contributed by atoms with van der Waals surface area (Å²) >= 11 is 0. The number of nitrogens with two attached hydrogens (primary N) is 4. The number of aliphatic imine (C=N–C) groups is 1. The molecule has 3 atom stereocenters. The number of hydrogen-bond acceptors (Lipinski definition) is 6. The van der Waals surface area contributed by atoms with Crippen molar-refractivity contribution < 1.29 is 24.3 Å². The van der Waals surface area contributed by atoms with Gasteiger partial charge in [0.2, 0.25) is 17.7 Å². The molecule has 0 aliphatic rings. The van der Waals surface area contributed by atoms with Crippen LogP contribution in [0, 0.1) is 5.92 Å². The van der Waals surface area contributed by atoms with Crippen LogP contribution in [0.3, 0.4) is 0 Å². The molecule has 0 fully saturated rings. The van der Waals surface area contributed by atoms with Crippen molar-refractivity contribution in [1.29, 1.82) is 0 Å². The maximum absolute atomic E-state index is 12.5. The smallest absolute Gasteiger partial charge is 0.326 e. The second-order valence-corrected chi connectivity index (χ2v) is 6.82. The molecule has 0 radical (unpaired) electrons. The Labute approximate surface area is 163 Å². The van der Waals surface area contributed by atoms with Crippen molar-refractivity contribution in [2.75, 3.05) is 6.54 Å². The third-order valence-electron chi connectivity index (χ3n) is 3.66. The quantitative estimate of drug-likeness (QED) is 0.0975. The molecule has 0 aromatic heterocycles. The number of guanidine groups is 1. The number of amides is 3. The summed E-state index contributed by atoms with van der Waals surface area (Å²) < 4.78 is 0. The first kappa shape index (κ1) is 25.1. The number of aliphatic carboxylic acids is 1. The van der Waals surface area contributed by atoms with Crippen LogP contribution in [0.2, 0.25) is 0 Å². The molecule has 3 unspecified atom stereocenters. The highest BCUT2D eigenvalue weighted by Gasteiger charge is 2.28. The average molecular weight is 401 g/mol. The molecule has 3 amide bonds. The Morgan fingerprint density at radius 2 is 1.57 bits per heavy atom. The molecule has 160 valence electrons. The number of carbonyl (C=O) groups is 4. The highest BCUT2D eigenvalue weighted by molar-refractivity contribution is 5.93. The Morgan fingerprint density at radius 1 is 1.00 bits per heavy atom. The third-order valence-corrected chi connectivity index (χ3v) is 3.66. The van der Waals surface area contributed by atoms with Gasteiger partial charge < -0.3 is 38.7 Å². The molecular weight excluding hydrogens is 370 g/mol. The van der Waals surface area contributed by atoms with E-state index in [9.17, 15) is 24.3 Å². The van der Waals surface area contributed by atoms with Gasteiger partial charge in [-0.2, -0.15) is 0 Å². The Morgan fingerprint density at radius 3 is 2.04 bits per heavy atom. The summed E-state index contributed by atoms with van der Waals surface area (Å²) in [7, 11) is 0. The zero-order valence-corrected chi connectivity index (χ0v) is 16.2. The van der Waals surface area contributed by atoms with Crippen LogP contribution in [0.4, 0.5) is 0 Å². The van der Waals surface area contributed by atoms with Crippen molar-refractivity contribution in [3.05, 3.63) is 0 Å². The van der Waals surface area contributed by atoms with Gasteiger partial charge in [0.05, 0.1) is 12.5 Å². The van der Waals surface area contributed by atoms with E-state index < -0.39 is 41.8 Å². The van der Waals surface area contributed by atoms with Crippen molar-refractivity contribution in [3.8, 4) is 0 Å². The first-order valence-electron chi connectivity index (χ1n) is 8.86. The fourth-order valence-electron chi connectivity index (χ4n) is 2.33. The molecule has 0 bridgehead atoms. The summed E-state index contributed by atoms with van der Waals surface area (Å²) in [5.74, 6) is -3.47. The Kier molecular flexibility index (Phi) is 11.2. The molecule has 28 heavy (non-hydrogen) atoms. The summed E-state index contributed by atoms with van der Waals surface area (Å²) in [6.45, 7) is 3.85. The van der Waals surface area contributed by atoms with Crippen LogP contribution in [0.25, 0.3) is 0 Å². The molecule has 0 aliphatic carbocycles. The van der Waals surface area contributed by atoms with Gasteiger partial charge in [0.1, 0.15) is 12.1 Å². The Balaban J connectivity index is 5.14. The van der Waals surface area contributed by atoms with Gasteiger partial charge in [0.25, 0.3) is 0 Å². The van der Waals surface area contributed by atoms with Gasteiger partial charge in [0, 0.05) is 6.54 Å². The van der Waals surface area contributed by atoms with E-state index in [2.05, 4.69) is 15.6 Å². The van der Waals surface area contributed by atoms with Gasteiger partial charge in [-0.05, 0) is 25.2 Å². The molecule has 0 aromatic carbocycles. The number of carboxylic acid groups (broad SMARTS) is 1. The van der Waals surface area contributed by atoms with Crippen molar-refractivity contribution in [3.63, 3.8) is 0 Å². The average Bonchev–Trinajstić information content (AvgIpc) is 2.55. The molecule has 0 heterocycles. The lowest BCUT2D eigenvalue weighted by atomic mass is 10.0. The number of rotatable bonds is 13. The highest BCUT2D eigenvalue weighted by atomic mass is 16.4. The first-order valence-corrected chi connectivity index (χ1v) is 8.86. The highest BCUT2D eigenvalue weighted by Crippen LogP contribution is 2.07. The Hall–Kier alpha value is -2.89. The van der Waals surface area contributed by atoms with Crippen molar-refractivity contribution in [1.82, 2.24) is 10.6 Å². The van der Waals surface area contributed by atoms with Crippen molar-refractivity contribution in [2.45, 2.75) is 57.7 Å². The standard InChI is InChI=1S/C16H31N7O5/c1-8(2)6-11(15(27)28)23-14(26)10(4-3-5-21-16(19)20)22-13(25)9(17)7-12(18)24/h8-11H,3-7,17H2,1-2H3,(H2,18,24)(H,22,25)(H,23,26)(H,27,28)(H4,19,20,21). The van der Waals surface area contributed by atoms with Gasteiger partial charge in [-0.1, -0.05) is 13.8 Å². The minimum absolute atomic E-state index is 0.0281. The summed E-state index contributed by atoms with van der Waals surface area (Å²) in [5, 5.41) is 14.1. The summed E-state index contributed by atoms with van der Waals surface area (Å²) in [5.41, 5.74) is 21.1. The molecule has 12 heteroatoms. The zero-order valence-electron chi connectivity index (χ0n) is 16.2. The largest absolute Gasteiger partial charge is 0.480 e. The van der Waals surface area contributed by atoms with E-state index in [4.69, 9.17) is 22.9 Å². The first-order chi connectivity index (χ1) is 12.9. The van der Waals surface area contributed by atoms with E-state index in [0.717, 1.165) is 0 Å². The summed E-state index contributed by atoms with van der Waals surface area (Å²) in [4.78, 5) is 50.7. The molecule has 0 saturated heterocycles. The van der Waals surface area contributed by atoms with Crippen LogP contribution in [0.15, 0.2) is 4.99 Å². The van der Waals surface area contributed by atoms with E-state index in [-0.39, 0.29) is 37.7 Å². The minimum atomic E-state index is -1.23. The van der Waals surface area contributed by atoms with Gasteiger partial charge in [-0.15, -0.1) is 0 Å². The van der Waals surface area contributed by atoms with E-state index >= 15 is 0 Å². The summed E-state index contributed by atoms with van der Waals surface area (Å²) in [6, 6.07) is -3.41. The molecule has 11 N–H and O–H groups in total. The lowest BCUT2D eigenvalue weighted by Gasteiger charge is -2.23. The summed E-state index contributed by atoms with van der Waals surface area (Å²) in [6.07, 6.45) is 0.297. The SMILES string of the molecule is CC(C)CC(NC(=O)C(CCCN=C(N)N)NC(=O)C(N)CC(N)=O)C(=O)O. The van der Waals surface area contributed by atoms with Crippen LogP contribution >= 0.6 is 0 Å². The van der Waals surface area contributed by atoms with Crippen LogP contribution in [-0.2, 0) is 19.2 Å². The zero-order chi connectivity index (χ0) is 21.9. The maximum Gasteiger partial charge on any atom is 0.326 e. The normalized spacial score (nSPS) is 13.9. The van der Waals surface area contributed by atoms with Crippen molar-refractivity contribution in [2.24, 2.45) is 33.8 Å². The monoisotopic (exact) mass is 401 g/mol. The number of hydrogen-bond donors (Lipinski definition) is 7. The lowest BCUT2D eigenvalue weighted by Crippen LogP contribution is -2.55. The second-order valence-electron chi connectivity index (χ2n) is 6.82. The van der Waals surface area contributed by atoms with E-state index in [1.165, 1.54) is 0 Å². The fraction of sp³-hybridized carbons (Fsp3) is 0.688. The number of nitrogens with one attached hydrogen (secondary N) is 2. The predicted octanol–water partition coefficient (Wildman–Crippen LogP) is -2.66. The van der Waals surface area contributed by atoms with Gasteiger partial charge in [-0.3, -0.25) is 19.4 Å². The minimum Gasteiger partial charge on any atom is -0.480 e. The predicted molar refractivity (Wildman–Crippen MR) is 103 cm³/mol. The van der Waals surface area contributed by atoms with Gasteiger partial charge >= 0.3 is 5.97 Å². The fourth-order valence-corrected chi connectivity index (χ4v) is 2.33. The number of primary amides is 1. The van der Waals surface area contributed by atoms with E-state index in [1.807, 2.05) is 13.8 Å². The molecule has 0 rings (SSSR count). The van der Waals surface area contributed by atoms with Crippen molar-refractivity contribution >= 4 is 29.7 Å². The Bertz CT molecular complexity index is 590. The maximum atomic E-state index is 12.5. The van der Waals surface area contributed by atoms with Crippen LogP contribution in [0.1, 0.15) is 39.5 Å².